The van der Waals surface area contributed by atoms with Gasteiger partial charge in [0.2, 0.25) is 5.95 Å². The number of benzene rings is 1. The maximum Gasteiger partial charge on any atom is 0.298 e. The van der Waals surface area contributed by atoms with E-state index in [-0.39, 0.29) is 42.0 Å². The van der Waals surface area contributed by atoms with E-state index in [0.717, 1.165) is 31.2 Å². The van der Waals surface area contributed by atoms with Crippen LogP contribution in [0.2, 0.25) is 0 Å². The van der Waals surface area contributed by atoms with Crippen molar-refractivity contribution in [3.05, 3.63) is 41.8 Å². The number of ether oxygens (including phenoxy) is 1. The Balaban J connectivity index is 1.47. The van der Waals surface area contributed by atoms with E-state index in [4.69, 9.17) is 4.74 Å². The maximum atomic E-state index is 15.2. The monoisotopic (exact) mass is 459 g/mol. The van der Waals surface area contributed by atoms with Gasteiger partial charge in [0.1, 0.15) is 17.3 Å². The van der Waals surface area contributed by atoms with Crippen LogP contribution in [-0.2, 0) is 4.79 Å². The molecule has 0 spiro atoms. The number of anilines is 1. The molecule has 1 saturated heterocycles. The van der Waals surface area contributed by atoms with Crippen LogP contribution < -0.4 is 10.1 Å². The highest BCUT2D eigenvalue weighted by Gasteiger charge is 2.28. The van der Waals surface area contributed by atoms with Gasteiger partial charge in [0, 0.05) is 18.8 Å². The molecule has 5 rings (SSSR count). The average Bonchev–Trinajstić information content (AvgIpc) is 3.51. The second-order valence-electron chi connectivity index (χ2n) is 8.63. The molecule has 1 aromatic carbocycles. The summed E-state index contributed by atoms with van der Waals surface area (Å²) in [5.74, 6) is 0.313. The molecule has 0 unspecified atom stereocenters. The minimum absolute atomic E-state index is 0.0632. The van der Waals surface area contributed by atoms with Crippen LogP contribution in [0.4, 0.5) is 19.1 Å². The van der Waals surface area contributed by atoms with Crippen LogP contribution >= 0.6 is 0 Å². The van der Waals surface area contributed by atoms with Gasteiger partial charge in [0.25, 0.3) is 12.9 Å². The highest BCUT2D eigenvalue weighted by molar-refractivity contribution is 5.83. The first-order valence-corrected chi connectivity index (χ1v) is 11.1. The molecule has 7 nitrogen and oxygen atoms in total. The zero-order valence-electron chi connectivity index (χ0n) is 17.9. The molecule has 1 aliphatic heterocycles. The first-order chi connectivity index (χ1) is 16.0. The fourth-order valence-electron chi connectivity index (χ4n) is 4.58. The molecular formula is C23H24F3N5O2. The zero-order valence-corrected chi connectivity index (χ0v) is 17.9. The fourth-order valence-corrected chi connectivity index (χ4v) is 4.58. The summed E-state index contributed by atoms with van der Waals surface area (Å²) in [6.07, 6.45) is 2.99. The Kier molecular flexibility index (Phi) is 5.92. The Morgan fingerprint density at radius 3 is 2.85 bits per heavy atom. The van der Waals surface area contributed by atoms with Gasteiger partial charge in [0.05, 0.1) is 17.6 Å². The smallest absolute Gasteiger partial charge is 0.298 e. The molecule has 2 aromatic heterocycles. The van der Waals surface area contributed by atoms with Crippen molar-refractivity contribution in [3.63, 3.8) is 0 Å². The van der Waals surface area contributed by atoms with Crippen molar-refractivity contribution < 1.29 is 22.7 Å². The Bertz CT molecular complexity index is 1160. The Morgan fingerprint density at radius 2 is 2.09 bits per heavy atom. The fraction of sp³-hybridized carbons (Fsp3) is 0.435. The summed E-state index contributed by atoms with van der Waals surface area (Å²) in [6, 6.07) is 6.66. The third-order valence-corrected chi connectivity index (χ3v) is 6.24. The van der Waals surface area contributed by atoms with Gasteiger partial charge in [-0.15, -0.1) is 10.2 Å². The van der Waals surface area contributed by atoms with Crippen molar-refractivity contribution in [1.82, 2.24) is 19.5 Å². The van der Waals surface area contributed by atoms with Gasteiger partial charge < -0.3 is 10.1 Å². The van der Waals surface area contributed by atoms with E-state index < -0.39 is 12.2 Å². The van der Waals surface area contributed by atoms with Gasteiger partial charge in [-0.1, -0.05) is 0 Å². The van der Waals surface area contributed by atoms with Gasteiger partial charge in [-0.3, -0.25) is 14.1 Å². The van der Waals surface area contributed by atoms with E-state index in [0.29, 0.717) is 24.6 Å². The van der Waals surface area contributed by atoms with E-state index in [1.807, 2.05) is 0 Å². The molecule has 3 aromatic rings. The highest BCUT2D eigenvalue weighted by atomic mass is 19.3. The van der Waals surface area contributed by atoms with Crippen LogP contribution in [0, 0.1) is 5.82 Å². The van der Waals surface area contributed by atoms with Crippen LogP contribution in [-0.4, -0.2) is 58.1 Å². The lowest BCUT2D eigenvalue weighted by Gasteiger charge is -2.33. The number of halogens is 3. The third-order valence-electron chi connectivity index (χ3n) is 6.24. The first kappa shape index (κ1) is 21.7. The molecular weight excluding hydrogens is 435 g/mol. The SMILES string of the molecule is O=COc1cc(C2CC2)cc(F)c1-c1nnc(N[C@@H]2CCCN(CC(F)F)C2)n2cccc12. The highest BCUT2D eigenvalue weighted by Crippen LogP contribution is 2.44. The summed E-state index contributed by atoms with van der Waals surface area (Å²) in [4.78, 5) is 12.8. The number of likely N-dealkylation sites (tertiary alicyclic amines) is 1. The largest absolute Gasteiger partial charge is 0.428 e. The van der Waals surface area contributed by atoms with E-state index in [1.165, 1.54) is 6.07 Å². The predicted molar refractivity (Wildman–Crippen MR) is 116 cm³/mol. The lowest BCUT2D eigenvalue weighted by atomic mass is 10.0. The van der Waals surface area contributed by atoms with Crippen molar-refractivity contribution >= 4 is 17.9 Å². The molecule has 0 radical (unpaired) electrons. The summed E-state index contributed by atoms with van der Waals surface area (Å²) in [6.45, 7) is 1.14. The molecule has 2 fully saturated rings. The maximum absolute atomic E-state index is 15.2. The van der Waals surface area contributed by atoms with E-state index in [1.54, 1.807) is 33.7 Å². The summed E-state index contributed by atoms with van der Waals surface area (Å²) in [7, 11) is 0. The number of fused-ring (bicyclic) bond motifs is 1. The molecule has 0 bridgehead atoms. The van der Waals surface area contributed by atoms with Crippen molar-refractivity contribution in [1.29, 1.82) is 0 Å². The molecule has 1 N–H and O–H groups in total. The summed E-state index contributed by atoms with van der Waals surface area (Å²) in [5, 5.41) is 11.8. The molecule has 3 heterocycles. The van der Waals surface area contributed by atoms with Crippen LogP contribution in [0.3, 0.4) is 0 Å². The van der Waals surface area contributed by atoms with Gasteiger partial charge in [-0.2, -0.15) is 0 Å². The van der Waals surface area contributed by atoms with E-state index >= 15 is 4.39 Å². The number of hydrogen-bond donors (Lipinski definition) is 1. The van der Waals surface area contributed by atoms with Gasteiger partial charge in [0.15, 0.2) is 0 Å². The molecule has 2 aliphatic rings. The molecule has 1 aliphatic carbocycles. The third kappa shape index (κ3) is 4.52. The minimum Gasteiger partial charge on any atom is -0.428 e. The number of aromatic nitrogens is 3. The van der Waals surface area contributed by atoms with E-state index in [9.17, 15) is 13.6 Å². The topological polar surface area (TPSA) is 71.8 Å². The van der Waals surface area contributed by atoms with Crippen LogP contribution in [0.1, 0.15) is 37.2 Å². The van der Waals surface area contributed by atoms with Crippen molar-refractivity contribution in [2.75, 3.05) is 25.0 Å². The number of alkyl halides is 2. The second kappa shape index (κ2) is 9.01. The Morgan fingerprint density at radius 1 is 1.24 bits per heavy atom. The Hall–Kier alpha value is -3.14. The molecule has 174 valence electrons. The number of carbonyl (C=O) groups excluding carboxylic acids is 1. The van der Waals surface area contributed by atoms with Gasteiger partial charge in [-0.25, -0.2) is 13.2 Å². The minimum atomic E-state index is -2.37. The predicted octanol–water partition coefficient (Wildman–Crippen LogP) is 4.09. The lowest BCUT2D eigenvalue weighted by Crippen LogP contribution is -2.44. The number of hydrogen-bond acceptors (Lipinski definition) is 6. The van der Waals surface area contributed by atoms with Crippen LogP contribution in [0.5, 0.6) is 5.75 Å². The normalized spacial score (nSPS) is 19.2. The van der Waals surface area contributed by atoms with Crippen molar-refractivity contribution in [2.45, 2.75) is 44.1 Å². The zero-order chi connectivity index (χ0) is 22.9. The number of piperidine rings is 1. The summed E-state index contributed by atoms with van der Waals surface area (Å²) in [5.41, 5.74) is 1.72. The van der Waals surface area contributed by atoms with Crippen LogP contribution in [0.25, 0.3) is 16.8 Å². The van der Waals surface area contributed by atoms with Crippen LogP contribution in [0.15, 0.2) is 30.5 Å². The van der Waals surface area contributed by atoms with Gasteiger partial charge in [-0.05, 0) is 68.0 Å². The molecule has 1 saturated carbocycles. The molecule has 0 amide bonds. The quantitative estimate of drug-likeness (QED) is 0.512. The standard InChI is InChI=1S/C23H24F3N5O2/c24-17-9-15(14-5-6-14)10-19(33-13-32)21(17)22-18-4-2-8-31(18)23(29-28-22)27-16-3-1-7-30(11-16)12-20(25)26/h2,4,8-10,13-14,16,20H,1,3,5-7,11-12H2,(H,27,29)/t16-/m1/s1. The van der Waals surface area contributed by atoms with Crippen molar-refractivity contribution in [3.8, 4) is 17.0 Å². The van der Waals surface area contributed by atoms with Gasteiger partial charge >= 0.3 is 0 Å². The molecule has 33 heavy (non-hydrogen) atoms. The molecule has 10 heteroatoms. The second-order valence-corrected chi connectivity index (χ2v) is 8.63. The number of rotatable bonds is 8. The Labute approximate surface area is 188 Å². The number of nitrogens with one attached hydrogen (secondary N) is 1. The number of nitrogens with zero attached hydrogens (tertiary/aromatic N) is 4. The van der Waals surface area contributed by atoms with E-state index in [2.05, 4.69) is 15.5 Å². The summed E-state index contributed by atoms with van der Waals surface area (Å²) < 4.78 is 47.7. The molecule has 1 atom stereocenters. The first-order valence-electron chi connectivity index (χ1n) is 11.1. The average molecular weight is 459 g/mol. The lowest BCUT2D eigenvalue weighted by molar-refractivity contribution is -0.120. The van der Waals surface area contributed by atoms with Crippen molar-refractivity contribution in [2.24, 2.45) is 0 Å². The summed E-state index contributed by atoms with van der Waals surface area (Å²) >= 11 is 0. The number of carbonyl (C=O) groups is 1.